The normalized spacial score (nSPS) is 10.7. The van der Waals surface area contributed by atoms with Gasteiger partial charge in [-0.2, -0.15) is 0 Å². The van der Waals surface area contributed by atoms with Gasteiger partial charge in [0.05, 0.1) is 5.69 Å². The van der Waals surface area contributed by atoms with Crippen molar-refractivity contribution >= 4 is 28.3 Å². The molecule has 0 aliphatic rings. The van der Waals surface area contributed by atoms with Gasteiger partial charge >= 0.3 is 5.97 Å². The molecular formula is C16H19N3O3S. The van der Waals surface area contributed by atoms with Crippen LogP contribution in [0.2, 0.25) is 0 Å². The molecule has 1 aromatic heterocycles. The zero-order chi connectivity index (χ0) is 17.0. The largest absolute Gasteiger partial charge is 0.457 e. The molecule has 0 saturated carbocycles. The van der Waals surface area contributed by atoms with Crippen LogP contribution in [-0.2, 0) is 17.8 Å². The van der Waals surface area contributed by atoms with Gasteiger partial charge in [0.2, 0.25) is 5.91 Å². The van der Waals surface area contributed by atoms with Gasteiger partial charge in [-0.3, -0.25) is 4.79 Å². The van der Waals surface area contributed by atoms with Gasteiger partial charge < -0.3 is 16.2 Å². The molecule has 0 radical (unpaired) electrons. The molecule has 0 saturated heterocycles. The molecule has 7 heteroatoms. The molecule has 1 aromatic carbocycles. The minimum Gasteiger partial charge on any atom is -0.457 e. The number of aromatic nitrogens is 1. The van der Waals surface area contributed by atoms with Crippen molar-refractivity contribution in [3.05, 3.63) is 46.0 Å². The quantitative estimate of drug-likeness (QED) is 0.789. The third-order valence-electron chi connectivity index (χ3n) is 3.11. The number of thiazole rings is 1. The number of ether oxygens (including phenoxy) is 1. The number of rotatable bonds is 6. The Morgan fingerprint density at radius 2 is 1.91 bits per heavy atom. The van der Waals surface area contributed by atoms with Crippen LogP contribution in [0.1, 0.15) is 45.1 Å². The van der Waals surface area contributed by atoms with Crippen LogP contribution >= 0.6 is 11.3 Å². The topological polar surface area (TPSA) is 108 Å². The maximum Gasteiger partial charge on any atom is 0.350 e. The number of nitrogen functional groups attached to an aromatic ring is 1. The number of anilines is 1. The van der Waals surface area contributed by atoms with Crippen molar-refractivity contribution in [1.82, 2.24) is 4.98 Å². The summed E-state index contributed by atoms with van der Waals surface area (Å²) in [4.78, 5) is 27.9. The van der Waals surface area contributed by atoms with Crippen molar-refractivity contribution in [1.29, 1.82) is 0 Å². The van der Waals surface area contributed by atoms with Gasteiger partial charge in [-0.1, -0.05) is 37.3 Å². The van der Waals surface area contributed by atoms with E-state index >= 15 is 0 Å². The zero-order valence-electron chi connectivity index (χ0n) is 13.0. The van der Waals surface area contributed by atoms with E-state index in [2.05, 4.69) is 4.98 Å². The average Bonchev–Trinajstić information content (AvgIpc) is 2.85. The van der Waals surface area contributed by atoms with Gasteiger partial charge in [0.25, 0.3) is 0 Å². The molecule has 0 fully saturated rings. The Morgan fingerprint density at radius 3 is 2.48 bits per heavy atom. The van der Waals surface area contributed by atoms with E-state index in [1.165, 1.54) is 0 Å². The molecule has 1 amide bonds. The predicted octanol–water partition coefficient (Wildman–Crippen LogP) is 2.38. The Labute approximate surface area is 138 Å². The first-order valence-corrected chi connectivity index (χ1v) is 7.99. The first kappa shape index (κ1) is 17.0. The summed E-state index contributed by atoms with van der Waals surface area (Å²) in [6.45, 7) is 4.20. The molecule has 2 rings (SSSR count). The smallest absolute Gasteiger partial charge is 0.350 e. The van der Waals surface area contributed by atoms with Gasteiger partial charge in [0.1, 0.15) is 11.5 Å². The lowest BCUT2D eigenvalue weighted by Gasteiger charge is -2.06. The monoisotopic (exact) mass is 333 g/mol. The highest BCUT2D eigenvalue weighted by Crippen LogP contribution is 2.24. The van der Waals surface area contributed by atoms with Crippen molar-refractivity contribution < 1.29 is 14.3 Å². The molecular weight excluding hydrogens is 314 g/mol. The zero-order valence-corrected chi connectivity index (χ0v) is 13.9. The van der Waals surface area contributed by atoms with Gasteiger partial charge in [-0.25, -0.2) is 9.78 Å². The minimum absolute atomic E-state index is 0.108. The summed E-state index contributed by atoms with van der Waals surface area (Å²) in [5.74, 6) is -0.565. The fourth-order valence-corrected chi connectivity index (χ4v) is 2.79. The van der Waals surface area contributed by atoms with E-state index in [-0.39, 0.29) is 6.61 Å². The molecule has 0 unspecified atom stereocenters. The lowest BCUT2D eigenvalue weighted by Crippen LogP contribution is -2.11. The summed E-state index contributed by atoms with van der Waals surface area (Å²) in [5, 5.41) is 0.360. The molecule has 0 aliphatic carbocycles. The number of benzene rings is 1. The lowest BCUT2D eigenvalue weighted by atomic mass is 10.1. The summed E-state index contributed by atoms with van der Waals surface area (Å²) in [6, 6.07) is 6.59. The fraction of sp³-hybridized carbons (Fsp3) is 0.312. The van der Waals surface area contributed by atoms with Gasteiger partial charge in [0.15, 0.2) is 5.13 Å². The van der Waals surface area contributed by atoms with E-state index in [1.807, 2.05) is 13.8 Å². The minimum atomic E-state index is -0.494. The van der Waals surface area contributed by atoms with E-state index in [9.17, 15) is 9.59 Å². The number of nitrogens with zero attached hydrogens (tertiary/aromatic N) is 1. The van der Waals surface area contributed by atoms with Crippen LogP contribution in [0.5, 0.6) is 0 Å². The van der Waals surface area contributed by atoms with E-state index in [4.69, 9.17) is 16.2 Å². The molecule has 122 valence electrons. The summed E-state index contributed by atoms with van der Waals surface area (Å²) < 4.78 is 5.31. The predicted molar refractivity (Wildman–Crippen MR) is 89.1 cm³/mol. The Bertz CT molecular complexity index is 708. The third kappa shape index (κ3) is 4.53. The standard InChI is InChI=1S/C16H19N3O3S/c1-9(2)7-12-13(23-16(18)19-12)15(21)22-8-10-3-5-11(6-4-10)14(17)20/h3-6,9H,7-8H2,1-2H3,(H2,17,20)(H2,18,19). The average molecular weight is 333 g/mol. The molecule has 6 nitrogen and oxygen atoms in total. The highest BCUT2D eigenvalue weighted by atomic mass is 32.1. The Kier molecular flexibility index (Phi) is 5.33. The molecule has 4 N–H and O–H groups in total. The summed E-state index contributed by atoms with van der Waals surface area (Å²) in [7, 11) is 0. The lowest BCUT2D eigenvalue weighted by molar-refractivity contribution is 0.0476. The van der Waals surface area contributed by atoms with Crippen molar-refractivity contribution in [3.8, 4) is 0 Å². The molecule has 0 atom stereocenters. The number of carbonyl (C=O) groups is 2. The van der Waals surface area contributed by atoms with Crippen LogP contribution < -0.4 is 11.5 Å². The number of esters is 1. The molecule has 0 spiro atoms. The van der Waals surface area contributed by atoms with Crippen LogP contribution in [0, 0.1) is 5.92 Å². The van der Waals surface area contributed by atoms with Gasteiger partial charge in [-0.15, -0.1) is 0 Å². The SMILES string of the molecule is CC(C)Cc1nc(N)sc1C(=O)OCc1ccc(C(N)=O)cc1. The van der Waals surface area contributed by atoms with E-state index in [0.717, 1.165) is 16.9 Å². The van der Waals surface area contributed by atoms with Crippen molar-refractivity contribution in [2.45, 2.75) is 26.9 Å². The van der Waals surface area contributed by atoms with Crippen molar-refractivity contribution in [3.63, 3.8) is 0 Å². The highest BCUT2D eigenvalue weighted by molar-refractivity contribution is 7.17. The molecule has 2 aromatic rings. The van der Waals surface area contributed by atoms with Crippen LogP contribution in [0.3, 0.4) is 0 Å². The molecule has 23 heavy (non-hydrogen) atoms. The van der Waals surface area contributed by atoms with Crippen LogP contribution in [0.4, 0.5) is 5.13 Å². The molecule has 0 bridgehead atoms. The second-order valence-corrected chi connectivity index (χ2v) is 6.59. The number of primary amides is 1. The van der Waals surface area contributed by atoms with Crippen molar-refractivity contribution in [2.75, 3.05) is 5.73 Å². The third-order valence-corrected chi connectivity index (χ3v) is 4.02. The van der Waals surface area contributed by atoms with Gasteiger partial charge in [0, 0.05) is 5.56 Å². The first-order valence-electron chi connectivity index (χ1n) is 7.18. The maximum absolute atomic E-state index is 12.2. The number of nitrogens with two attached hydrogens (primary N) is 2. The van der Waals surface area contributed by atoms with E-state index in [1.54, 1.807) is 24.3 Å². The second-order valence-electron chi connectivity index (χ2n) is 5.56. The Morgan fingerprint density at radius 1 is 1.26 bits per heavy atom. The second kappa shape index (κ2) is 7.23. The van der Waals surface area contributed by atoms with Gasteiger partial charge in [-0.05, 0) is 30.0 Å². The summed E-state index contributed by atoms with van der Waals surface area (Å²) >= 11 is 1.14. The first-order chi connectivity index (χ1) is 10.9. The molecule has 1 heterocycles. The Hall–Kier alpha value is -2.41. The maximum atomic E-state index is 12.2. The van der Waals surface area contributed by atoms with Crippen LogP contribution in [0.25, 0.3) is 0 Å². The van der Waals surface area contributed by atoms with Crippen LogP contribution in [0.15, 0.2) is 24.3 Å². The van der Waals surface area contributed by atoms with Crippen molar-refractivity contribution in [2.24, 2.45) is 11.7 Å². The summed E-state index contributed by atoms with van der Waals surface area (Å²) in [5.41, 5.74) is 12.7. The summed E-state index contributed by atoms with van der Waals surface area (Å²) in [6.07, 6.45) is 0.672. The van der Waals surface area contributed by atoms with E-state index < -0.39 is 11.9 Å². The Balaban J connectivity index is 2.03. The fourth-order valence-electron chi connectivity index (χ4n) is 2.03. The molecule has 0 aliphatic heterocycles. The highest BCUT2D eigenvalue weighted by Gasteiger charge is 2.19. The van der Waals surface area contributed by atoms with Crippen LogP contribution in [-0.4, -0.2) is 16.9 Å². The number of hydrogen-bond acceptors (Lipinski definition) is 6. The number of carbonyl (C=O) groups excluding carboxylic acids is 2. The number of amides is 1. The number of hydrogen-bond donors (Lipinski definition) is 2. The van der Waals surface area contributed by atoms with E-state index in [0.29, 0.717) is 33.6 Å².